The van der Waals surface area contributed by atoms with Crippen molar-refractivity contribution >= 4 is 11.7 Å². The normalized spacial score (nSPS) is 10.1. The largest absolute Gasteiger partial charge is 0.396 e. The molecule has 78 valence electrons. The fraction of sp³-hybridized carbons (Fsp3) is 0.556. The van der Waals surface area contributed by atoms with Crippen LogP contribution in [-0.2, 0) is 4.79 Å². The van der Waals surface area contributed by atoms with E-state index in [1.54, 1.807) is 6.20 Å². The second-order valence-corrected chi connectivity index (χ2v) is 3.16. The topological polar surface area (TPSA) is 78.0 Å². The zero-order valence-electron chi connectivity index (χ0n) is 8.21. The van der Waals surface area contributed by atoms with Crippen LogP contribution in [0.15, 0.2) is 6.20 Å². The van der Waals surface area contributed by atoms with Crippen LogP contribution in [0.3, 0.4) is 0 Å². The molecule has 1 heterocycles. The summed E-state index contributed by atoms with van der Waals surface area (Å²) in [5.74, 6) is 0.602. The zero-order chi connectivity index (χ0) is 10.4. The van der Waals surface area contributed by atoms with Gasteiger partial charge in [-0.15, -0.1) is 0 Å². The molecular formula is C9H15N3O2. The number of unbranched alkanes of at least 4 members (excludes halogenated alkanes) is 1. The van der Waals surface area contributed by atoms with Crippen LogP contribution in [0.1, 0.15) is 24.8 Å². The van der Waals surface area contributed by atoms with E-state index in [4.69, 9.17) is 5.11 Å². The zero-order valence-corrected chi connectivity index (χ0v) is 8.21. The molecule has 1 rings (SSSR count). The number of aromatic nitrogens is 2. The highest BCUT2D eigenvalue weighted by atomic mass is 16.2. The summed E-state index contributed by atoms with van der Waals surface area (Å²) in [6, 6.07) is 0. The van der Waals surface area contributed by atoms with Crippen molar-refractivity contribution in [3.8, 4) is 0 Å². The van der Waals surface area contributed by atoms with Gasteiger partial charge >= 0.3 is 0 Å². The lowest BCUT2D eigenvalue weighted by Crippen LogP contribution is -2.12. The van der Waals surface area contributed by atoms with Crippen molar-refractivity contribution in [2.45, 2.75) is 26.2 Å². The Hall–Kier alpha value is -1.36. The van der Waals surface area contributed by atoms with Crippen LogP contribution in [0.25, 0.3) is 0 Å². The van der Waals surface area contributed by atoms with Crippen LogP contribution in [0.2, 0.25) is 0 Å². The smallest absolute Gasteiger partial charge is 0.225 e. The van der Waals surface area contributed by atoms with E-state index in [0.717, 1.165) is 5.56 Å². The van der Waals surface area contributed by atoms with E-state index in [-0.39, 0.29) is 12.5 Å². The number of aliphatic hydroxyl groups is 1. The molecule has 0 saturated carbocycles. The maximum atomic E-state index is 11.3. The number of carbonyl (C=O) groups excluding carboxylic acids is 1. The summed E-state index contributed by atoms with van der Waals surface area (Å²) in [4.78, 5) is 11.3. The molecule has 0 atom stereocenters. The first-order valence-electron chi connectivity index (χ1n) is 4.64. The predicted molar refractivity (Wildman–Crippen MR) is 52.9 cm³/mol. The number of hydrogen-bond donors (Lipinski definition) is 3. The molecule has 0 aliphatic carbocycles. The average Bonchev–Trinajstić information content (AvgIpc) is 2.52. The highest BCUT2D eigenvalue weighted by Crippen LogP contribution is 2.09. The number of amides is 1. The summed E-state index contributed by atoms with van der Waals surface area (Å²) in [6.45, 7) is 2.00. The monoisotopic (exact) mass is 197 g/mol. The number of carbonyl (C=O) groups is 1. The number of rotatable bonds is 5. The van der Waals surface area contributed by atoms with Gasteiger partial charge in [0.1, 0.15) is 5.82 Å². The Bertz CT molecular complexity index is 296. The molecule has 0 fully saturated rings. The molecule has 5 nitrogen and oxygen atoms in total. The Morgan fingerprint density at radius 1 is 1.64 bits per heavy atom. The Kier molecular flexibility index (Phi) is 4.12. The summed E-state index contributed by atoms with van der Waals surface area (Å²) in [7, 11) is 0. The molecule has 1 aromatic heterocycles. The van der Waals surface area contributed by atoms with Crippen molar-refractivity contribution in [2.75, 3.05) is 11.9 Å². The molecule has 3 N–H and O–H groups in total. The van der Waals surface area contributed by atoms with Crippen LogP contribution >= 0.6 is 0 Å². The van der Waals surface area contributed by atoms with Crippen molar-refractivity contribution in [1.29, 1.82) is 0 Å². The number of anilines is 1. The third-order valence-electron chi connectivity index (χ3n) is 1.91. The van der Waals surface area contributed by atoms with Crippen molar-refractivity contribution in [3.05, 3.63) is 11.8 Å². The van der Waals surface area contributed by atoms with Gasteiger partial charge in [0.25, 0.3) is 0 Å². The van der Waals surface area contributed by atoms with Gasteiger partial charge in [-0.3, -0.25) is 9.89 Å². The quantitative estimate of drug-likeness (QED) is 0.611. The third-order valence-corrected chi connectivity index (χ3v) is 1.91. The van der Waals surface area contributed by atoms with Crippen molar-refractivity contribution in [2.24, 2.45) is 0 Å². The van der Waals surface area contributed by atoms with Crippen molar-refractivity contribution < 1.29 is 9.90 Å². The Labute approximate surface area is 82.5 Å². The molecule has 0 unspecified atom stereocenters. The average molecular weight is 197 g/mol. The van der Waals surface area contributed by atoms with Gasteiger partial charge in [-0.2, -0.15) is 5.10 Å². The minimum absolute atomic E-state index is 0.0502. The summed E-state index contributed by atoms with van der Waals surface area (Å²) >= 11 is 0. The van der Waals surface area contributed by atoms with Gasteiger partial charge < -0.3 is 10.4 Å². The van der Waals surface area contributed by atoms with E-state index in [2.05, 4.69) is 15.5 Å². The highest BCUT2D eigenvalue weighted by molar-refractivity contribution is 5.90. The maximum Gasteiger partial charge on any atom is 0.225 e. The lowest BCUT2D eigenvalue weighted by atomic mass is 10.2. The first-order chi connectivity index (χ1) is 6.74. The Balaban J connectivity index is 2.31. The third kappa shape index (κ3) is 3.18. The summed E-state index contributed by atoms with van der Waals surface area (Å²) in [6.07, 6.45) is 3.45. The second kappa shape index (κ2) is 5.39. The maximum absolute atomic E-state index is 11.3. The lowest BCUT2D eigenvalue weighted by molar-refractivity contribution is -0.116. The molecule has 0 aromatic carbocycles. The fourth-order valence-electron chi connectivity index (χ4n) is 1.07. The van der Waals surface area contributed by atoms with Crippen LogP contribution in [-0.4, -0.2) is 27.8 Å². The molecule has 1 aromatic rings. The van der Waals surface area contributed by atoms with Crippen LogP contribution in [0.4, 0.5) is 5.82 Å². The Morgan fingerprint density at radius 2 is 2.43 bits per heavy atom. The van der Waals surface area contributed by atoms with Crippen LogP contribution in [0.5, 0.6) is 0 Å². The number of hydrogen-bond acceptors (Lipinski definition) is 3. The van der Waals surface area contributed by atoms with Gasteiger partial charge in [-0.05, 0) is 19.8 Å². The SMILES string of the molecule is Cc1cn[nH]c1NC(=O)CCCCO. The second-order valence-electron chi connectivity index (χ2n) is 3.16. The number of aromatic amines is 1. The first kappa shape index (κ1) is 10.7. The molecule has 0 spiro atoms. The molecule has 5 heteroatoms. The lowest BCUT2D eigenvalue weighted by Gasteiger charge is -2.02. The van der Waals surface area contributed by atoms with Crippen LogP contribution in [0, 0.1) is 6.92 Å². The molecule has 0 aliphatic rings. The van der Waals surface area contributed by atoms with Crippen molar-refractivity contribution in [1.82, 2.24) is 10.2 Å². The number of nitrogens with one attached hydrogen (secondary N) is 2. The van der Waals surface area contributed by atoms with E-state index in [1.165, 1.54) is 0 Å². The van der Waals surface area contributed by atoms with Gasteiger partial charge in [0.15, 0.2) is 0 Å². The number of nitrogens with zero attached hydrogens (tertiary/aromatic N) is 1. The highest BCUT2D eigenvalue weighted by Gasteiger charge is 2.05. The Morgan fingerprint density at radius 3 is 3.00 bits per heavy atom. The van der Waals surface area contributed by atoms with Gasteiger partial charge in [0.05, 0.1) is 6.20 Å². The van der Waals surface area contributed by atoms with E-state index >= 15 is 0 Å². The van der Waals surface area contributed by atoms with E-state index < -0.39 is 0 Å². The molecule has 14 heavy (non-hydrogen) atoms. The number of H-pyrrole nitrogens is 1. The van der Waals surface area contributed by atoms with Gasteiger partial charge in [-0.25, -0.2) is 0 Å². The minimum atomic E-state index is -0.0502. The predicted octanol–water partition coefficient (Wildman–Crippen LogP) is 0.819. The van der Waals surface area contributed by atoms with E-state index in [0.29, 0.717) is 25.1 Å². The van der Waals surface area contributed by atoms with Gasteiger partial charge in [0.2, 0.25) is 5.91 Å². The summed E-state index contributed by atoms with van der Waals surface area (Å²) in [5, 5.41) is 17.7. The molecular weight excluding hydrogens is 182 g/mol. The molecule has 0 aliphatic heterocycles. The molecule has 0 radical (unpaired) electrons. The summed E-state index contributed by atoms with van der Waals surface area (Å²) < 4.78 is 0. The molecule has 0 saturated heterocycles. The molecule has 1 amide bonds. The number of aliphatic hydroxyl groups excluding tert-OH is 1. The van der Waals surface area contributed by atoms with Crippen molar-refractivity contribution in [3.63, 3.8) is 0 Å². The van der Waals surface area contributed by atoms with Gasteiger partial charge in [-0.1, -0.05) is 0 Å². The fourth-order valence-corrected chi connectivity index (χ4v) is 1.07. The first-order valence-corrected chi connectivity index (χ1v) is 4.64. The minimum Gasteiger partial charge on any atom is -0.396 e. The molecule has 0 bridgehead atoms. The van der Waals surface area contributed by atoms with Crippen LogP contribution < -0.4 is 5.32 Å². The van der Waals surface area contributed by atoms with E-state index in [1.807, 2.05) is 6.92 Å². The summed E-state index contributed by atoms with van der Waals surface area (Å²) in [5.41, 5.74) is 0.917. The van der Waals surface area contributed by atoms with Gasteiger partial charge in [0, 0.05) is 18.6 Å². The standard InChI is InChI=1S/C9H15N3O2/c1-7-6-10-12-9(7)11-8(14)4-2-3-5-13/h6,13H,2-5H2,1H3,(H2,10,11,12,14). The number of aryl methyl sites for hydroxylation is 1. The van der Waals surface area contributed by atoms with E-state index in [9.17, 15) is 4.79 Å².